The summed E-state index contributed by atoms with van der Waals surface area (Å²) in [5.41, 5.74) is 7.08. The summed E-state index contributed by atoms with van der Waals surface area (Å²) in [6.07, 6.45) is -2.00. The zero-order chi connectivity index (χ0) is 57.4. The number of benzene rings is 4. The van der Waals surface area contributed by atoms with Crippen molar-refractivity contribution in [3.8, 4) is 22.3 Å². The van der Waals surface area contributed by atoms with E-state index in [0.717, 1.165) is 85.7 Å². The molecular weight excluding hydrogens is 1100 g/mol. The zero-order valence-corrected chi connectivity index (χ0v) is 47.4. The Labute approximate surface area is 478 Å². The van der Waals surface area contributed by atoms with Crippen LogP contribution in [0.3, 0.4) is 0 Å². The first-order chi connectivity index (χ1) is 38.4. The number of likely N-dealkylation sites (N-methyl/N-ethyl adjacent to an activating group) is 4. The molecule has 4 aromatic carbocycles. The lowest BCUT2D eigenvalue weighted by molar-refractivity contribution is -0.142. The Bertz CT molecular complexity index is 2880. The van der Waals surface area contributed by atoms with Crippen molar-refractivity contribution in [3.05, 3.63) is 144 Å². The number of ether oxygens (including phenoxy) is 2. The minimum Gasteiger partial charge on any atom is -0.449 e. The summed E-state index contributed by atoms with van der Waals surface area (Å²) in [5, 5.41) is 8.48. The van der Waals surface area contributed by atoms with Gasteiger partial charge in [0.25, 0.3) is 11.8 Å². The quantitative estimate of drug-likeness (QED) is 0.153. The topological polar surface area (TPSA) is 250 Å². The molecule has 0 spiro atoms. The molecule has 2 saturated heterocycles. The number of carbonyl (C=O) groups excluding carboxylic acids is 10. The van der Waals surface area contributed by atoms with E-state index in [-0.39, 0.29) is 47.9 Å². The van der Waals surface area contributed by atoms with Gasteiger partial charge in [-0.1, -0.05) is 155 Å². The Morgan fingerprint density at radius 2 is 0.825 bits per heavy atom. The maximum absolute atomic E-state index is 14.5. The summed E-state index contributed by atoms with van der Waals surface area (Å²) in [6.45, 7) is 6.13. The van der Waals surface area contributed by atoms with Crippen molar-refractivity contribution in [2.24, 2.45) is 0 Å². The summed E-state index contributed by atoms with van der Waals surface area (Å²) >= 11 is 1.09. The Balaban J connectivity index is 1.01. The second-order valence-corrected chi connectivity index (χ2v) is 23.5. The number of hydrogen-bond acceptors (Lipinski definition) is 16. The summed E-state index contributed by atoms with van der Waals surface area (Å²) in [4.78, 5) is 144. The minimum absolute atomic E-state index is 0.101. The van der Waals surface area contributed by atoms with Crippen LogP contribution in [0.15, 0.2) is 122 Å². The Hall–Kier alpha value is -7.54. The molecule has 0 saturated carbocycles. The summed E-state index contributed by atoms with van der Waals surface area (Å²) in [5.74, 6) is -6.66. The molecule has 20 nitrogen and oxygen atoms in total. The maximum atomic E-state index is 14.5. The molecule has 2 aliphatic heterocycles. The van der Waals surface area contributed by atoms with Crippen molar-refractivity contribution in [1.29, 1.82) is 0 Å². The van der Waals surface area contributed by atoms with Crippen molar-refractivity contribution >= 4 is 103 Å². The molecule has 24 heteroatoms. The van der Waals surface area contributed by atoms with Crippen molar-refractivity contribution in [2.45, 2.75) is 36.0 Å². The van der Waals surface area contributed by atoms with Crippen LogP contribution < -0.4 is 21.3 Å². The first-order valence-electron chi connectivity index (χ1n) is 25.2. The molecule has 2 aliphatic carbocycles. The van der Waals surface area contributed by atoms with Crippen molar-refractivity contribution in [3.63, 3.8) is 0 Å². The highest BCUT2D eigenvalue weighted by Crippen LogP contribution is 2.46. The van der Waals surface area contributed by atoms with Gasteiger partial charge in [-0.15, -0.1) is 0 Å². The van der Waals surface area contributed by atoms with E-state index in [0.29, 0.717) is 23.5 Å². The number of alkyl carbamates (subject to hydrolysis) is 2. The lowest BCUT2D eigenvalue weighted by Gasteiger charge is -2.33. The van der Waals surface area contributed by atoms with Crippen LogP contribution in [0.2, 0.25) is 0 Å². The number of carbonyl (C=O) groups is 10. The van der Waals surface area contributed by atoms with Gasteiger partial charge < -0.3 is 50.3 Å². The van der Waals surface area contributed by atoms with Gasteiger partial charge in [-0.25, -0.2) is 9.59 Å². The predicted octanol–water partition coefficient (Wildman–Crippen LogP) is 4.56. The first kappa shape index (κ1) is 58.6. The van der Waals surface area contributed by atoms with E-state index >= 15 is 0 Å². The second-order valence-electron chi connectivity index (χ2n) is 19.0. The molecule has 8 amide bonds. The summed E-state index contributed by atoms with van der Waals surface area (Å²) in [7, 11) is 7.31. The molecule has 80 heavy (non-hydrogen) atoms. The number of nitrogens with zero attached hydrogens (tertiary/aromatic N) is 4. The third-order valence-corrected chi connectivity index (χ3v) is 18.6. The molecule has 8 rings (SSSR count). The number of hydrogen-bond donors (Lipinski definition) is 4. The maximum Gasteiger partial charge on any atom is 0.407 e. The van der Waals surface area contributed by atoms with E-state index in [1.807, 2.05) is 97.1 Å². The van der Waals surface area contributed by atoms with Gasteiger partial charge in [0.15, 0.2) is 0 Å². The molecule has 4 N–H and O–H groups in total. The van der Waals surface area contributed by atoms with Crippen LogP contribution in [-0.2, 0) is 47.8 Å². The predicted molar refractivity (Wildman–Crippen MR) is 307 cm³/mol. The number of amides is 8. The van der Waals surface area contributed by atoms with Crippen LogP contribution in [0.25, 0.3) is 22.3 Å². The fraction of sp³-hybridized carbons (Fsp3) is 0.321. The molecule has 0 aromatic heterocycles. The van der Waals surface area contributed by atoms with E-state index in [1.165, 1.54) is 28.2 Å². The van der Waals surface area contributed by atoms with Crippen LogP contribution in [0.1, 0.15) is 34.1 Å². The van der Waals surface area contributed by atoms with E-state index in [4.69, 9.17) is 9.47 Å². The van der Waals surface area contributed by atoms with Crippen LogP contribution >= 0.6 is 45.1 Å². The summed E-state index contributed by atoms with van der Waals surface area (Å²) in [6, 6.07) is 25.2. The average molecular weight is 1160 g/mol. The normalized spacial score (nSPS) is 21.4. The number of fused-ring (bicyclic) bond motifs is 11. The fourth-order valence-corrected chi connectivity index (χ4v) is 13.7. The molecule has 4 aliphatic rings. The molecular formula is C56H58N8O12S4. The molecule has 2 bridgehead atoms. The Kier molecular flexibility index (Phi) is 19.2. The van der Waals surface area contributed by atoms with Crippen LogP contribution in [0.4, 0.5) is 9.59 Å². The van der Waals surface area contributed by atoms with Gasteiger partial charge in [0.2, 0.25) is 33.9 Å². The van der Waals surface area contributed by atoms with E-state index < -0.39 is 107 Å². The second kappa shape index (κ2) is 26.2. The largest absolute Gasteiger partial charge is 0.449 e. The Morgan fingerprint density at radius 3 is 1.15 bits per heavy atom. The minimum atomic E-state index is -1.49. The SMILES string of the molecule is C=C1C(=O)SC[C@@H](NC(=O)OCC2c3ccccc3-c3ccccc32)C(=O)NCC(=O)N(C)[C@H]2CSSC[C@@H](C(=O)N1C)N(C)C(=O)CNC(=O)[C@H](NC(=O)OCC1c3ccccc3-c3ccccc31)CSC(=O)C(=C)N(C)C2=O. The molecule has 418 valence electrons. The van der Waals surface area contributed by atoms with E-state index in [1.54, 1.807) is 0 Å². The van der Waals surface area contributed by atoms with Gasteiger partial charge in [-0.05, 0) is 44.5 Å². The lowest BCUT2D eigenvalue weighted by Crippen LogP contribution is -2.55. The average Bonchev–Trinajstić information content (AvgIpc) is 4.11. The lowest BCUT2D eigenvalue weighted by atomic mass is 9.98. The standard InChI is InChI=1S/C56H58N8O12S4/c1-31-53(71)77-27-43(59-55(73)75-25-41-37-19-11-7-15-33(37)34-16-8-12-20-38(34)41)49(67)57-24-48(66)64(6)46-30-80-79-29-45(51(69)61(31)3)63(5)47(65)23-58-50(68)44(28-78-54(72)32(2)62(4)52(46)70)60-56(74)76-26-42-39-21-13-9-17-35(39)36-18-10-14-22-40(36)42/h7-22,41-46H,1-2,23-30H2,3-6H3,(H,57,67)(H,58,68)(H,59,73)(H,60,74)/t43-,44-,45+,46+/m1/s1. The van der Waals surface area contributed by atoms with Gasteiger partial charge >= 0.3 is 12.2 Å². The van der Waals surface area contributed by atoms with Gasteiger partial charge in [-0.3, -0.25) is 38.4 Å². The molecule has 2 heterocycles. The molecule has 0 unspecified atom stereocenters. The van der Waals surface area contributed by atoms with Crippen molar-refractivity contribution in [2.75, 3.05) is 77.5 Å². The van der Waals surface area contributed by atoms with E-state index in [9.17, 15) is 47.9 Å². The van der Waals surface area contributed by atoms with Crippen molar-refractivity contribution in [1.82, 2.24) is 40.9 Å². The monoisotopic (exact) mass is 1160 g/mol. The van der Waals surface area contributed by atoms with Crippen LogP contribution in [0, 0.1) is 0 Å². The number of thioether (sulfide) groups is 2. The smallest absolute Gasteiger partial charge is 0.407 e. The van der Waals surface area contributed by atoms with Gasteiger partial charge in [0, 0.05) is 63.0 Å². The highest BCUT2D eigenvalue weighted by atomic mass is 33.1. The number of rotatable bonds is 6. The van der Waals surface area contributed by atoms with E-state index in [2.05, 4.69) is 34.4 Å². The fourth-order valence-electron chi connectivity index (χ4n) is 9.49. The molecule has 2 fully saturated rings. The third-order valence-electron chi connectivity index (χ3n) is 14.3. The molecule has 4 aromatic rings. The Morgan fingerprint density at radius 1 is 0.512 bits per heavy atom. The van der Waals surface area contributed by atoms with Crippen LogP contribution in [0.5, 0.6) is 0 Å². The highest BCUT2D eigenvalue weighted by Gasteiger charge is 2.38. The van der Waals surface area contributed by atoms with Gasteiger partial charge in [0.1, 0.15) is 37.4 Å². The zero-order valence-electron chi connectivity index (χ0n) is 44.1. The highest BCUT2D eigenvalue weighted by molar-refractivity contribution is 8.76. The third kappa shape index (κ3) is 13.0. The van der Waals surface area contributed by atoms with Crippen molar-refractivity contribution < 1.29 is 57.4 Å². The molecule has 4 atom stereocenters. The molecule has 0 radical (unpaired) electrons. The van der Waals surface area contributed by atoms with Gasteiger partial charge in [-0.2, -0.15) is 0 Å². The number of nitrogens with one attached hydrogen (secondary N) is 4. The first-order valence-corrected chi connectivity index (χ1v) is 29.6. The van der Waals surface area contributed by atoms with Gasteiger partial charge in [0.05, 0.1) is 24.5 Å². The van der Waals surface area contributed by atoms with Crippen LogP contribution in [-0.4, -0.2) is 179 Å². The summed E-state index contributed by atoms with van der Waals surface area (Å²) < 4.78 is 11.4.